The normalized spacial score (nSPS) is 12.9. The van der Waals surface area contributed by atoms with Gasteiger partial charge in [-0.2, -0.15) is 0 Å². The van der Waals surface area contributed by atoms with Crippen molar-refractivity contribution in [2.24, 2.45) is 0 Å². The molecule has 0 aliphatic heterocycles. The Kier molecular flexibility index (Phi) is 4.13. The second kappa shape index (κ2) is 5.43. The number of furan rings is 1. The number of ketones is 1. The minimum absolute atomic E-state index is 0.0269. The van der Waals surface area contributed by atoms with Gasteiger partial charge in [-0.05, 0) is 36.7 Å². The van der Waals surface area contributed by atoms with Crippen LogP contribution in [0, 0.1) is 0 Å². The van der Waals surface area contributed by atoms with Gasteiger partial charge in [-0.1, -0.05) is 32.9 Å². The molecule has 0 saturated heterocycles. The standard InChI is InChI=1S/C17H24O3Si/c1-12(18)15-11-19-16-9-13(7-8-14(15)16)10-20-21(5,6)17(2,3)4/h7-9,11H,10H2,1-6H3. The number of Topliss-reactive ketones (excluding diaryl/α,β-unsaturated/α-hetero) is 1. The van der Waals surface area contributed by atoms with E-state index in [0.717, 1.165) is 16.5 Å². The largest absolute Gasteiger partial charge is 0.464 e. The lowest BCUT2D eigenvalue weighted by molar-refractivity contribution is 0.101. The third kappa shape index (κ3) is 3.27. The van der Waals surface area contributed by atoms with Crippen LogP contribution in [0.4, 0.5) is 0 Å². The number of benzene rings is 1. The predicted molar refractivity (Wildman–Crippen MR) is 88.2 cm³/mol. The summed E-state index contributed by atoms with van der Waals surface area (Å²) >= 11 is 0. The maximum Gasteiger partial charge on any atom is 0.192 e. The molecule has 0 fully saturated rings. The van der Waals surface area contributed by atoms with E-state index in [2.05, 4.69) is 33.9 Å². The van der Waals surface area contributed by atoms with Crippen LogP contribution < -0.4 is 0 Å². The van der Waals surface area contributed by atoms with Crippen molar-refractivity contribution in [1.82, 2.24) is 0 Å². The van der Waals surface area contributed by atoms with Gasteiger partial charge in [0.15, 0.2) is 14.1 Å². The summed E-state index contributed by atoms with van der Waals surface area (Å²) in [4.78, 5) is 11.5. The van der Waals surface area contributed by atoms with Crippen LogP contribution in [0.25, 0.3) is 11.0 Å². The Morgan fingerprint density at radius 2 is 1.95 bits per heavy atom. The van der Waals surface area contributed by atoms with Gasteiger partial charge in [0.1, 0.15) is 11.8 Å². The van der Waals surface area contributed by atoms with Gasteiger partial charge in [0, 0.05) is 5.39 Å². The molecule has 1 aromatic heterocycles. The van der Waals surface area contributed by atoms with E-state index in [0.29, 0.717) is 12.2 Å². The van der Waals surface area contributed by atoms with Gasteiger partial charge in [-0.3, -0.25) is 4.79 Å². The Morgan fingerprint density at radius 1 is 1.29 bits per heavy atom. The minimum Gasteiger partial charge on any atom is -0.464 e. The van der Waals surface area contributed by atoms with Crippen LogP contribution in [0.3, 0.4) is 0 Å². The van der Waals surface area contributed by atoms with Gasteiger partial charge in [-0.15, -0.1) is 0 Å². The van der Waals surface area contributed by atoms with Gasteiger partial charge < -0.3 is 8.84 Å². The summed E-state index contributed by atoms with van der Waals surface area (Å²) in [5.41, 5.74) is 2.47. The summed E-state index contributed by atoms with van der Waals surface area (Å²) in [5, 5.41) is 1.07. The summed E-state index contributed by atoms with van der Waals surface area (Å²) in [5.74, 6) is 0.0269. The molecule has 0 radical (unpaired) electrons. The number of fused-ring (bicyclic) bond motifs is 1. The maximum absolute atomic E-state index is 11.5. The van der Waals surface area contributed by atoms with Crippen LogP contribution in [-0.2, 0) is 11.0 Å². The van der Waals surface area contributed by atoms with Crippen molar-refractivity contribution < 1.29 is 13.6 Å². The molecule has 2 rings (SSSR count). The zero-order valence-corrected chi connectivity index (χ0v) is 14.7. The average molecular weight is 304 g/mol. The highest BCUT2D eigenvalue weighted by molar-refractivity contribution is 6.74. The Labute approximate surface area is 127 Å². The van der Waals surface area contributed by atoms with Gasteiger partial charge in [0.2, 0.25) is 0 Å². The van der Waals surface area contributed by atoms with E-state index in [1.807, 2.05) is 18.2 Å². The molecule has 0 aliphatic carbocycles. The molecule has 3 nitrogen and oxygen atoms in total. The molecule has 2 aromatic rings. The van der Waals surface area contributed by atoms with E-state index < -0.39 is 8.32 Å². The van der Waals surface area contributed by atoms with Crippen LogP contribution >= 0.6 is 0 Å². The second-order valence-corrected chi connectivity index (χ2v) is 11.9. The lowest BCUT2D eigenvalue weighted by Gasteiger charge is -2.36. The number of carbonyl (C=O) groups excluding carboxylic acids is 1. The molecule has 0 amide bonds. The highest BCUT2D eigenvalue weighted by atomic mass is 28.4. The average Bonchev–Trinajstić information content (AvgIpc) is 2.78. The van der Waals surface area contributed by atoms with Gasteiger partial charge >= 0.3 is 0 Å². The third-order valence-corrected chi connectivity index (χ3v) is 8.90. The van der Waals surface area contributed by atoms with E-state index >= 15 is 0 Å². The molecule has 21 heavy (non-hydrogen) atoms. The summed E-state index contributed by atoms with van der Waals surface area (Å²) in [6.45, 7) is 13.3. The van der Waals surface area contributed by atoms with Crippen molar-refractivity contribution in [3.8, 4) is 0 Å². The molecule has 0 saturated carbocycles. The van der Waals surface area contributed by atoms with E-state index in [4.69, 9.17) is 8.84 Å². The van der Waals surface area contributed by atoms with Crippen LogP contribution in [0.1, 0.15) is 43.6 Å². The highest BCUT2D eigenvalue weighted by Crippen LogP contribution is 2.37. The zero-order chi connectivity index (χ0) is 15.8. The molecule has 0 aliphatic rings. The predicted octanol–water partition coefficient (Wildman–Crippen LogP) is 5.16. The first-order chi connectivity index (χ1) is 9.62. The molecule has 4 heteroatoms. The summed E-state index contributed by atoms with van der Waals surface area (Å²) in [7, 11) is -1.75. The molecule has 0 spiro atoms. The lowest BCUT2D eigenvalue weighted by Crippen LogP contribution is -2.40. The fourth-order valence-corrected chi connectivity index (χ4v) is 2.88. The quantitative estimate of drug-likeness (QED) is 0.578. The van der Waals surface area contributed by atoms with Gasteiger partial charge in [0.25, 0.3) is 0 Å². The molecular weight excluding hydrogens is 280 g/mol. The highest BCUT2D eigenvalue weighted by Gasteiger charge is 2.37. The molecule has 1 heterocycles. The SMILES string of the molecule is CC(=O)c1coc2cc(CO[Si](C)(C)C(C)(C)C)ccc12. The summed E-state index contributed by atoms with van der Waals surface area (Å²) < 4.78 is 11.7. The topological polar surface area (TPSA) is 39.4 Å². The molecule has 0 bridgehead atoms. The fourth-order valence-electron chi connectivity index (χ4n) is 1.92. The van der Waals surface area contributed by atoms with Crippen molar-refractivity contribution in [2.45, 2.75) is 52.4 Å². The molecule has 0 unspecified atom stereocenters. The Balaban J connectivity index is 2.19. The van der Waals surface area contributed by atoms with Crippen molar-refractivity contribution in [3.63, 3.8) is 0 Å². The smallest absolute Gasteiger partial charge is 0.192 e. The van der Waals surface area contributed by atoms with Crippen molar-refractivity contribution in [1.29, 1.82) is 0 Å². The minimum atomic E-state index is -1.75. The monoisotopic (exact) mass is 304 g/mol. The number of hydrogen-bond acceptors (Lipinski definition) is 3. The van der Waals surface area contributed by atoms with E-state index in [-0.39, 0.29) is 10.8 Å². The van der Waals surface area contributed by atoms with E-state index in [1.54, 1.807) is 6.92 Å². The maximum atomic E-state index is 11.5. The van der Waals surface area contributed by atoms with Gasteiger partial charge in [-0.25, -0.2) is 0 Å². The summed E-state index contributed by atoms with van der Waals surface area (Å²) in [6.07, 6.45) is 1.53. The number of hydrogen-bond donors (Lipinski definition) is 0. The first-order valence-corrected chi connectivity index (χ1v) is 10.2. The van der Waals surface area contributed by atoms with Crippen LogP contribution in [0.2, 0.25) is 18.1 Å². The Hall–Kier alpha value is -1.39. The van der Waals surface area contributed by atoms with Crippen molar-refractivity contribution >= 4 is 25.1 Å². The summed E-state index contributed by atoms with van der Waals surface area (Å²) in [6, 6.07) is 5.92. The third-order valence-electron chi connectivity index (χ3n) is 4.43. The van der Waals surface area contributed by atoms with Crippen molar-refractivity contribution in [3.05, 3.63) is 35.6 Å². The lowest BCUT2D eigenvalue weighted by atomic mass is 10.1. The Bertz CT molecular complexity index is 662. The van der Waals surface area contributed by atoms with Crippen LogP contribution in [0.5, 0.6) is 0 Å². The molecule has 0 N–H and O–H groups in total. The second-order valence-electron chi connectivity index (χ2n) is 7.09. The van der Waals surface area contributed by atoms with Crippen molar-refractivity contribution in [2.75, 3.05) is 0 Å². The first kappa shape index (κ1) is 16.0. The first-order valence-electron chi connectivity index (χ1n) is 7.27. The molecular formula is C17H24O3Si. The fraction of sp³-hybridized carbons (Fsp3) is 0.471. The van der Waals surface area contributed by atoms with Crippen LogP contribution in [-0.4, -0.2) is 14.1 Å². The van der Waals surface area contributed by atoms with E-state index in [1.165, 1.54) is 6.26 Å². The zero-order valence-electron chi connectivity index (χ0n) is 13.7. The van der Waals surface area contributed by atoms with E-state index in [9.17, 15) is 4.79 Å². The van der Waals surface area contributed by atoms with Crippen LogP contribution in [0.15, 0.2) is 28.9 Å². The molecule has 114 valence electrons. The molecule has 0 atom stereocenters. The Morgan fingerprint density at radius 3 is 2.52 bits per heavy atom. The number of rotatable bonds is 4. The van der Waals surface area contributed by atoms with Gasteiger partial charge in [0.05, 0.1) is 12.2 Å². The molecule has 1 aromatic carbocycles. The number of carbonyl (C=O) groups is 1.